The highest BCUT2D eigenvalue weighted by atomic mass is 16.2. The van der Waals surface area contributed by atoms with Gasteiger partial charge in [0.25, 0.3) is 0 Å². The maximum absolute atomic E-state index is 8.97. The molecular formula is C14H24N4O. The van der Waals surface area contributed by atoms with Crippen molar-refractivity contribution in [2.75, 3.05) is 31.6 Å². The van der Waals surface area contributed by atoms with Crippen molar-refractivity contribution in [3.8, 4) is 0 Å². The Morgan fingerprint density at radius 3 is 3.11 bits per heavy atom. The number of rotatable bonds is 4. The maximum atomic E-state index is 8.97. The number of aliphatic hydroxyl groups excluding tert-OH is 1. The van der Waals surface area contributed by atoms with Gasteiger partial charge in [-0.15, -0.1) is 0 Å². The molecule has 106 valence electrons. The number of aryl methyl sites for hydroxylation is 1. The molecule has 3 heterocycles. The van der Waals surface area contributed by atoms with Crippen LogP contribution in [0.25, 0.3) is 0 Å². The van der Waals surface area contributed by atoms with Gasteiger partial charge >= 0.3 is 0 Å². The predicted octanol–water partition coefficient (Wildman–Crippen LogP) is 1.16. The Morgan fingerprint density at radius 2 is 2.32 bits per heavy atom. The van der Waals surface area contributed by atoms with Crippen LogP contribution in [0.1, 0.15) is 37.3 Å². The van der Waals surface area contributed by atoms with Crippen molar-refractivity contribution in [3.05, 3.63) is 11.8 Å². The summed E-state index contributed by atoms with van der Waals surface area (Å²) in [5.74, 6) is 1.90. The van der Waals surface area contributed by atoms with E-state index in [-0.39, 0.29) is 6.61 Å². The van der Waals surface area contributed by atoms with Crippen LogP contribution in [-0.2, 0) is 6.42 Å². The first-order chi connectivity index (χ1) is 9.40. The summed E-state index contributed by atoms with van der Waals surface area (Å²) in [6, 6.07) is 0.534. The Morgan fingerprint density at radius 1 is 1.37 bits per heavy atom. The third-order valence-electron chi connectivity index (χ3n) is 4.40. The van der Waals surface area contributed by atoms with Crippen LogP contribution in [0.2, 0.25) is 0 Å². The van der Waals surface area contributed by atoms with Crippen molar-refractivity contribution in [3.63, 3.8) is 0 Å². The molecule has 2 unspecified atom stereocenters. The van der Waals surface area contributed by atoms with E-state index in [9.17, 15) is 0 Å². The number of nitrogens with zero attached hydrogens (tertiary/aromatic N) is 2. The molecule has 1 aromatic heterocycles. The minimum atomic E-state index is 0.251. The normalized spacial score (nSPS) is 26.8. The van der Waals surface area contributed by atoms with Gasteiger partial charge in [-0.2, -0.15) is 5.10 Å². The molecule has 5 nitrogen and oxygen atoms in total. The van der Waals surface area contributed by atoms with Crippen LogP contribution in [0.15, 0.2) is 6.20 Å². The third kappa shape index (κ3) is 2.62. The molecule has 0 amide bonds. The van der Waals surface area contributed by atoms with Gasteiger partial charge in [-0.3, -0.25) is 0 Å². The van der Waals surface area contributed by atoms with Crippen LogP contribution < -0.4 is 10.6 Å². The predicted molar refractivity (Wildman–Crippen MR) is 75.4 cm³/mol. The largest absolute Gasteiger partial charge is 0.396 e. The molecule has 1 aromatic rings. The second kappa shape index (κ2) is 5.92. The van der Waals surface area contributed by atoms with E-state index in [2.05, 4.69) is 20.4 Å². The maximum Gasteiger partial charge on any atom is 0.127 e. The Labute approximate surface area is 114 Å². The van der Waals surface area contributed by atoms with Crippen LogP contribution >= 0.6 is 0 Å². The number of hydrogen-bond donors (Lipinski definition) is 3. The van der Waals surface area contributed by atoms with Gasteiger partial charge in [0, 0.05) is 18.7 Å². The van der Waals surface area contributed by atoms with E-state index < -0.39 is 0 Å². The van der Waals surface area contributed by atoms with Crippen LogP contribution in [0.3, 0.4) is 0 Å². The van der Waals surface area contributed by atoms with Crippen molar-refractivity contribution < 1.29 is 5.11 Å². The molecule has 3 rings (SSSR count). The summed E-state index contributed by atoms with van der Waals surface area (Å²) >= 11 is 0. The molecule has 0 spiro atoms. The SMILES string of the molecule is OCCCc1cnn2c1NCCC2C1CCCNC1. The molecule has 0 aromatic carbocycles. The van der Waals surface area contributed by atoms with Crippen LogP contribution in [0.5, 0.6) is 0 Å². The topological polar surface area (TPSA) is 62.1 Å². The first-order valence-corrected chi connectivity index (χ1v) is 7.52. The highest BCUT2D eigenvalue weighted by molar-refractivity contribution is 5.46. The van der Waals surface area contributed by atoms with Gasteiger partial charge < -0.3 is 15.7 Å². The summed E-state index contributed by atoms with van der Waals surface area (Å²) in [6.07, 6.45) is 7.46. The van der Waals surface area contributed by atoms with Crippen molar-refractivity contribution in [1.29, 1.82) is 0 Å². The molecular weight excluding hydrogens is 240 g/mol. The lowest BCUT2D eigenvalue weighted by molar-refractivity contribution is 0.235. The highest BCUT2D eigenvalue weighted by Gasteiger charge is 2.30. The summed E-state index contributed by atoms with van der Waals surface area (Å²) in [5.41, 5.74) is 1.25. The lowest BCUT2D eigenvalue weighted by Crippen LogP contribution is -2.38. The quantitative estimate of drug-likeness (QED) is 0.764. The molecule has 0 radical (unpaired) electrons. The molecule has 0 aliphatic carbocycles. The van der Waals surface area contributed by atoms with Crippen LogP contribution in [-0.4, -0.2) is 41.1 Å². The van der Waals surface area contributed by atoms with E-state index in [1.165, 1.54) is 30.6 Å². The zero-order valence-electron chi connectivity index (χ0n) is 11.4. The Hall–Kier alpha value is -1.07. The zero-order chi connectivity index (χ0) is 13.1. The minimum absolute atomic E-state index is 0.251. The Kier molecular flexibility index (Phi) is 4.03. The van der Waals surface area contributed by atoms with E-state index >= 15 is 0 Å². The van der Waals surface area contributed by atoms with Gasteiger partial charge in [0.1, 0.15) is 5.82 Å². The molecule has 0 saturated carbocycles. The van der Waals surface area contributed by atoms with Crippen molar-refractivity contribution in [2.45, 2.75) is 38.1 Å². The van der Waals surface area contributed by atoms with Gasteiger partial charge in [0.15, 0.2) is 0 Å². The number of fused-ring (bicyclic) bond motifs is 1. The molecule has 1 fully saturated rings. The number of piperidine rings is 1. The number of nitrogens with one attached hydrogen (secondary N) is 2. The highest BCUT2D eigenvalue weighted by Crippen LogP contribution is 2.34. The average Bonchev–Trinajstić information content (AvgIpc) is 2.89. The van der Waals surface area contributed by atoms with E-state index in [0.717, 1.165) is 32.5 Å². The molecule has 0 bridgehead atoms. The van der Waals surface area contributed by atoms with Crippen LogP contribution in [0.4, 0.5) is 5.82 Å². The first kappa shape index (κ1) is 12.9. The summed E-state index contributed by atoms with van der Waals surface area (Å²) in [7, 11) is 0. The van der Waals surface area contributed by atoms with Crippen molar-refractivity contribution >= 4 is 5.82 Å². The minimum Gasteiger partial charge on any atom is -0.396 e. The van der Waals surface area contributed by atoms with E-state index in [1.807, 2.05) is 6.20 Å². The lowest BCUT2D eigenvalue weighted by Gasteiger charge is -2.35. The fourth-order valence-corrected chi connectivity index (χ4v) is 3.40. The van der Waals surface area contributed by atoms with Gasteiger partial charge in [-0.25, -0.2) is 4.68 Å². The van der Waals surface area contributed by atoms with Crippen molar-refractivity contribution in [1.82, 2.24) is 15.1 Å². The zero-order valence-corrected chi connectivity index (χ0v) is 11.4. The summed E-state index contributed by atoms with van der Waals surface area (Å²) < 4.78 is 2.20. The third-order valence-corrected chi connectivity index (χ3v) is 4.40. The lowest BCUT2D eigenvalue weighted by atomic mass is 9.89. The second-order valence-electron chi connectivity index (χ2n) is 5.68. The average molecular weight is 264 g/mol. The molecule has 5 heteroatoms. The first-order valence-electron chi connectivity index (χ1n) is 7.52. The Balaban J connectivity index is 1.77. The van der Waals surface area contributed by atoms with Gasteiger partial charge in [0.05, 0.1) is 12.2 Å². The molecule has 3 N–H and O–H groups in total. The Bertz CT molecular complexity index is 412. The van der Waals surface area contributed by atoms with Gasteiger partial charge in [-0.05, 0) is 51.1 Å². The fraction of sp³-hybridized carbons (Fsp3) is 0.786. The molecule has 2 aliphatic rings. The van der Waals surface area contributed by atoms with E-state index in [0.29, 0.717) is 12.0 Å². The molecule has 2 atom stereocenters. The van der Waals surface area contributed by atoms with Crippen LogP contribution in [0, 0.1) is 5.92 Å². The fourth-order valence-electron chi connectivity index (χ4n) is 3.40. The van der Waals surface area contributed by atoms with Crippen molar-refractivity contribution in [2.24, 2.45) is 5.92 Å². The second-order valence-corrected chi connectivity index (χ2v) is 5.68. The number of aromatic nitrogens is 2. The van der Waals surface area contributed by atoms with E-state index in [4.69, 9.17) is 5.11 Å². The number of anilines is 1. The smallest absolute Gasteiger partial charge is 0.127 e. The molecule has 19 heavy (non-hydrogen) atoms. The number of hydrogen-bond acceptors (Lipinski definition) is 4. The summed E-state index contributed by atoms with van der Waals surface area (Å²) in [6.45, 7) is 3.57. The van der Waals surface area contributed by atoms with E-state index in [1.54, 1.807) is 0 Å². The monoisotopic (exact) mass is 264 g/mol. The molecule has 2 aliphatic heterocycles. The standard InChI is InChI=1S/C14H24N4O/c19-8-2-4-12-10-17-18-13(5-7-16-14(12)18)11-3-1-6-15-9-11/h10-11,13,15-16,19H,1-9H2. The van der Waals surface area contributed by atoms with Gasteiger partial charge in [-0.1, -0.05) is 0 Å². The number of aliphatic hydroxyl groups is 1. The molecule has 1 saturated heterocycles. The summed E-state index contributed by atoms with van der Waals surface area (Å²) in [4.78, 5) is 0. The summed E-state index contributed by atoms with van der Waals surface area (Å²) in [5, 5.41) is 20.6. The van der Waals surface area contributed by atoms with Gasteiger partial charge in [0.2, 0.25) is 0 Å².